The maximum atomic E-state index is 11.3. The number of β-amino-alcohol motifs (C(OH)–C–C–N with tert-alkyl or cyclic N) is 1. The molecule has 0 spiro atoms. The van der Waals surface area contributed by atoms with Crippen LogP contribution in [-0.2, 0) is 9.59 Å². The molecule has 1 N–H and O–H groups in total. The maximum absolute atomic E-state index is 11.3. The van der Waals surface area contributed by atoms with Crippen LogP contribution in [0, 0.1) is 11.8 Å². The highest BCUT2D eigenvalue weighted by Gasteiger charge is 2.58. The summed E-state index contributed by atoms with van der Waals surface area (Å²) in [6.45, 7) is 1.73. The lowest BCUT2D eigenvalue weighted by Crippen LogP contribution is -2.38. The summed E-state index contributed by atoms with van der Waals surface area (Å²) < 4.78 is 0. The molecule has 1 aliphatic heterocycles. The second kappa shape index (κ2) is 2.29. The highest BCUT2D eigenvalue weighted by Crippen LogP contribution is 2.46. The molecule has 0 bridgehead atoms. The van der Waals surface area contributed by atoms with Crippen LogP contribution in [0.1, 0.15) is 13.3 Å². The molecule has 0 aromatic heterocycles. The van der Waals surface area contributed by atoms with Crippen LogP contribution in [0.5, 0.6) is 0 Å². The minimum absolute atomic E-state index is 0.0451. The molecule has 2 amide bonds. The number of aliphatic hydroxyl groups excluding tert-OH is 1. The van der Waals surface area contributed by atoms with Gasteiger partial charge in [0.2, 0.25) is 11.8 Å². The van der Waals surface area contributed by atoms with Crippen molar-refractivity contribution in [1.82, 2.24) is 4.90 Å². The van der Waals surface area contributed by atoms with E-state index in [1.54, 1.807) is 6.92 Å². The first-order valence-electron chi connectivity index (χ1n) is 4.14. The van der Waals surface area contributed by atoms with Crippen LogP contribution in [0.4, 0.5) is 0 Å². The number of carbonyl (C=O) groups excluding carboxylic acids is 2. The van der Waals surface area contributed by atoms with Crippen molar-refractivity contribution >= 4 is 11.8 Å². The summed E-state index contributed by atoms with van der Waals surface area (Å²) in [4.78, 5) is 23.8. The minimum atomic E-state index is -0.615. The third-order valence-corrected chi connectivity index (χ3v) is 2.40. The Bertz CT molecular complexity index is 229. The van der Waals surface area contributed by atoms with Crippen LogP contribution >= 0.6 is 0 Å². The SMILES string of the molecule is CC(O)CN1C(=O)C2CC2C1=O. The van der Waals surface area contributed by atoms with Gasteiger partial charge in [-0.15, -0.1) is 0 Å². The van der Waals surface area contributed by atoms with Crippen LogP contribution in [0.25, 0.3) is 0 Å². The van der Waals surface area contributed by atoms with E-state index in [1.807, 2.05) is 0 Å². The zero-order valence-corrected chi connectivity index (χ0v) is 6.86. The molecule has 4 heteroatoms. The van der Waals surface area contributed by atoms with Gasteiger partial charge in [-0.25, -0.2) is 0 Å². The number of aliphatic hydroxyl groups is 1. The standard InChI is InChI=1S/C8H11NO3/c1-4(10)3-9-7(11)5-2-6(5)8(9)12/h4-6,10H,2-3H2,1H3. The number of hydrogen-bond acceptors (Lipinski definition) is 3. The van der Waals surface area contributed by atoms with Gasteiger partial charge < -0.3 is 5.11 Å². The lowest BCUT2D eigenvalue weighted by Gasteiger charge is -2.17. The van der Waals surface area contributed by atoms with Crippen LogP contribution < -0.4 is 0 Å². The van der Waals surface area contributed by atoms with E-state index < -0.39 is 6.10 Å². The van der Waals surface area contributed by atoms with Crippen molar-refractivity contribution in [2.45, 2.75) is 19.4 Å². The predicted molar refractivity (Wildman–Crippen MR) is 40.0 cm³/mol. The summed E-state index contributed by atoms with van der Waals surface area (Å²) in [6.07, 6.45) is 0.115. The number of likely N-dealkylation sites (tertiary alicyclic amines) is 1. The van der Waals surface area contributed by atoms with Crippen molar-refractivity contribution in [3.63, 3.8) is 0 Å². The Morgan fingerprint density at radius 2 is 2.00 bits per heavy atom. The Kier molecular flexibility index (Phi) is 1.48. The van der Waals surface area contributed by atoms with Crippen LogP contribution in [0.15, 0.2) is 0 Å². The van der Waals surface area contributed by atoms with E-state index in [1.165, 1.54) is 4.90 Å². The van der Waals surface area contributed by atoms with Crippen molar-refractivity contribution in [2.75, 3.05) is 6.54 Å². The summed E-state index contributed by atoms with van der Waals surface area (Å²) in [7, 11) is 0. The quantitative estimate of drug-likeness (QED) is 0.560. The average Bonchev–Trinajstić information content (AvgIpc) is 2.71. The molecule has 4 nitrogen and oxygen atoms in total. The molecule has 1 aliphatic carbocycles. The lowest BCUT2D eigenvalue weighted by atomic mass is 10.3. The van der Waals surface area contributed by atoms with Crippen molar-refractivity contribution in [3.8, 4) is 0 Å². The largest absolute Gasteiger partial charge is 0.392 e. The highest BCUT2D eigenvalue weighted by atomic mass is 16.3. The maximum Gasteiger partial charge on any atom is 0.233 e. The summed E-state index contributed by atoms with van der Waals surface area (Å²) in [5.41, 5.74) is 0. The molecule has 3 atom stereocenters. The van der Waals surface area contributed by atoms with Gasteiger partial charge in [0.25, 0.3) is 0 Å². The smallest absolute Gasteiger partial charge is 0.233 e. The zero-order valence-electron chi connectivity index (χ0n) is 6.86. The number of rotatable bonds is 2. The van der Waals surface area contributed by atoms with Gasteiger partial charge >= 0.3 is 0 Å². The first-order chi connectivity index (χ1) is 5.61. The van der Waals surface area contributed by atoms with Crippen molar-refractivity contribution in [1.29, 1.82) is 0 Å². The van der Waals surface area contributed by atoms with E-state index in [2.05, 4.69) is 0 Å². The number of hydrogen-bond donors (Lipinski definition) is 1. The van der Waals surface area contributed by atoms with Gasteiger partial charge in [0, 0.05) is 0 Å². The van der Waals surface area contributed by atoms with Gasteiger partial charge in [-0.2, -0.15) is 0 Å². The van der Waals surface area contributed by atoms with Gasteiger partial charge in [0.1, 0.15) is 0 Å². The second-order valence-electron chi connectivity index (χ2n) is 3.58. The zero-order chi connectivity index (χ0) is 8.88. The summed E-state index contributed by atoms with van der Waals surface area (Å²) in [6, 6.07) is 0. The minimum Gasteiger partial charge on any atom is -0.392 e. The predicted octanol–water partition coefficient (Wildman–Crippen LogP) is -0.628. The number of imide groups is 1. The van der Waals surface area contributed by atoms with E-state index in [4.69, 9.17) is 5.11 Å². The van der Waals surface area contributed by atoms with E-state index >= 15 is 0 Å². The van der Waals surface area contributed by atoms with E-state index in [9.17, 15) is 9.59 Å². The first kappa shape index (κ1) is 7.73. The Balaban J connectivity index is 2.07. The lowest BCUT2D eigenvalue weighted by molar-refractivity contribution is -0.142. The Labute approximate surface area is 70.2 Å². The van der Waals surface area contributed by atoms with Gasteiger partial charge in [-0.1, -0.05) is 0 Å². The van der Waals surface area contributed by atoms with Gasteiger partial charge in [0.05, 0.1) is 24.5 Å². The Morgan fingerprint density at radius 1 is 1.50 bits per heavy atom. The molecule has 0 aromatic carbocycles. The molecule has 3 unspecified atom stereocenters. The van der Waals surface area contributed by atoms with Gasteiger partial charge in [-0.3, -0.25) is 14.5 Å². The molecule has 66 valence electrons. The van der Waals surface area contributed by atoms with Crippen LogP contribution in [0.3, 0.4) is 0 Å². The van der Waals surface area contributed by atoms with Crippen LogP contribution in [0.2, 0.25) is 0 Å². The average molecular weight is 169 g/mol. The fraction of sp³-hybridized carbons (Fsp3) is 0.750. The van der Waals surface area contributed by atoms with Crippen molar-refractivity contribution in [3.05, 3.63) is 0 Å². The number of carbonyl (C=O) groups is 2. The summed E-state index contributed by atoms with van der Waals surface area (Å²) in [5, 5.41) is 9.00. The molecular formula is C8H11NO3. The summed E-state index contributed by atoms with van der Waals surface area (Å²) in [5.74, 6) is -0.274. The fourth-order valence-electron chi connectivity index (χ4n) is 1.69. The normalized spacial score (nSPS) is 35.3. The highest BCUT2D eigenvalue weighted by molar-refractivity contribution is 6.08. The third-order valence-electron chi connectivity index (χ3n) is 2.40. The Morgan fingerprint density at radius 3 is 2.42 bits per heavy atom. The van der Waals surface area contributed by atoms with E-state index in [0.717, 1.165) is 6.42 Å². The molecule has 0 radical (unpaired) electrons. The fourth-order valence-corrected chi connectivity index (χ4v) is 1.69. The number of nitrogens with zero attached hydrogens (tertiary/aromatic N) is 1. The molecule has 1 saturated heterocycles. The molecule has 2 fully saturated rings. The summed E-state index contributed by atoms with van der Waals surface area (Å²) >= 11 is 0. The second-order valence-corrected chi connectivity index (χ2v) is 3.58. The topological polar surface area (TPSA) is 57.6 Å². The molecular weight excluding hydrogens is 158 g/mol. The number of amides is 2. The third kappa shape index (κ3) is 0.948. The van der Waals surface area contributed by atoms with E-state index in [-0.39, 0.29) is 30.2 Å². The number of piperidine rings is 1. The monoisotopic (exact) mass is 169 g/mol. The number of fused-ring (bicyclic) bond motifs is 1. The van der Waals surface area contributed by atoms with Gasteiger partial charge in [0.15, 0.2) is 0 Å². The molecule has 2 rings (SSSR count). The van der Waals surface area contributed by atoms with Crippen molar-refractivity contribution in [2.24, 2.45) is 11.8 Å². The molecule has 1 saturated carbocycles. The van der Waals surface area contributed by atoms with Gasteiger partial charge in [-0.05, 0) is 13.3 Å². The Hall–Kier alpha value is -0.900. The molecule has 2 aliphatic rings. The first-order valence-corrected chi connectivity index (χ1v) is 4.14. The van der Waals surface area contributed by atoms with E-state index in [0.29, 0.717) is 0 Å². The van der Waals surface area contributed by atoms with Crippen LogP contribution in [-0.4, -0.2) is 34.5 Å². The van der Waals surface area contributed by atoms with Crippen molar-refractivity contribution < 1.29 is 14.7 Å². The molecule has 12 heavy (non-hydrogen) atoms. The molecule has 1 heterocycles. The molecule has 0 aromatic rings.